The third-order valence-corrected chi connectivity index (χ3v) is 2.69. The molecule has 0 saturated carbocycles. The summed E-state index contributed by atoms with van der Waals surface area (Å²) in [6, 6.07) is 7.02. The zero-order valence-electron chi connectivity index (χ0n) is 9.35. The van der Waals surface area contributed by atoms with Gasteiger partial charge in [0, 0.05) is 24.3 Å². The highest BCUT2D eigenvalue weighted by Crippen LogP contribution is 2.12. The number of morpholine rings is 1. The Labute approximate surface area is 95.0 Å². The van der Waals surface area contributed by atoms with Gasteiger partial charge in [0.2, 0.25) is 0 Å². The lowest BCUT2D eigenvalue weighted by molar-refractivity contribution is -0.0124. The predicted octanol–water partition coefficient (Wildman–Crippen LogP) is 1.13. The van der Waals surface area contributed by atoms with Crippen molar-refractivity contribution >= 4 is 11.6 Å². The first-order chi connectivity index (χ1) is 7.66. The number of nitrogens with zero attached hydrogens (tertiary/aromatic N) is 1. The van der Waals surface area contributed by atoms with Gasteiger partial charge in [-0.15, -0.1) is 0 Å². The van der Waals surface area contributed by atoms with Crippen LogP contribution >= 0.6 is 0 Å². The smallest absolute Gasteiger partial charge is 0.254 e. The second-order valence-electron chi connectivity index (χ2n) is 4.05. The SMILES string of the molecule is C[C@@H]1CN(C(=O)c2ccc(N)cc2)CCO1. The van der Waals surface area contributed by atoms with Crippen LogP contribution in [0.3, 0.4) is 0 Å². The quantitative estimate of drug-likeness (QED) is 0.722. The van der Waals surface area contributed by atoms with Gasteiger partial charge >= 0.3 is 0 Å². The van der Waals surface area contributed by atoms with E-state index in [0.717, 1.165) is 0 Å². The van der Waals surface area contributed by atoms with Crippen LogP contribution in [0, 0.1) is 0 Å². The molecule has 0 aromatic heterocycles. The van der Waals surface area contributed by atoms with Gasteiger partial charge in [-0.05, 0) is 31.2 Å². The molecule has 0 spiro atoms. The van der Waals surface area contributed by atoms with Crippen molar-refractivity contribution in [1.29, 1.82) is 0 Å². The number of hydrogen-bond donors (Lipinski definition) is 1. The molecular formula is C12H16N2O2. The first kappa shape index (κ1) is 11.0. The van der Waals surface area contributed by atoms with Crippen molar-refractivity contribution in [2.45, 2.75) is 13.0 Å². The number of hydrogen-bond acceptors (Lipinski definition) is 3. The zero-order valence-corrected chi connectivity index (χ0v) is 9.35. The van der Waals surface area contributed by atoms with Gasteiger partial charge in [-0.3, -0.25) is 4.79 Å². The summed E-state index contributed by atoms with van der Waals surface area (Å²) in [6.45, 7) is 3.90. The number of ether oxygens (including phenoxy) is 1. The molecule has 2 rings (SSSR count). The molecule has 1 atom stereocenters. The van der Waals surface area contributed by atoms with Crippen molar-refractivity contribution in [1.82, 2.24) is 4.90 Å². The number of nitrogens with two attached hydrogens (primary N) is 1. The average molecular weight is 220 g/mol. The summed E-state index contributed by atoms with van der Waals surface area (Å²) in [5.74, 6) is 0.0511. The van der Waals surface area contributed by atoms with Crippen LogP contribution in [-0.4, -0.2) is 36.6 Å². The second-order valence-corrected chi connectivity index (χ2v) is 4.05. The van der Waals surface area contributed by atoms with Crippen LogP contribution in [-0.2, 0) is 4.74 Å². The van der Waals surface area contributed by atoms with E-state index < -0.39 is 0 Å². The summed E-state index contributed by atoms with van der Waals surface area (Å²) in [6.07, 6.45) is 0.117. The summed E-state index contributed by atoms with van der Waals surface area (Å²) < 4.78 is 5.40. The van der Waals surface area contributed by atoms with E-state index in [9.17, 15) is 4.79 Å². The maximum Gasteiger partial charge on any atom is 0.254 e. The lowest BCUT2D eigenvalue weighted by atomic mass is 10.1. The third kappa shape index (κ3) is 2.33. The van der Waals surface area contributed by atoms with E-state index in [0.29, 0.717) is 30.9 Å². The number of anilines is 1. The van der Waals surface area contributed by atoms with Gasteiger partial charge in [0.1, 0.15) is 0 Å². The minimum Gasteiger partial charge on any atom is -0.399 e. The Morgan fingerprint density at radius 1 is 1.44 bits per heavy atom. The van der Waals surface area contributed by atoms with E-state index in [1.165, 1.54) is 0 Å². The zero-order chi connectivity index (χ0) is 11.5. The molecule has 0 aliphatic carbocycles. The van der Waals surface area contributed by atoms with Crippen LogP contribution in [0.5, 0.6) is 0 Å². The Balaban J connectivity index is 2.09. The molecule has 1 fully saturated rings. The molecule has 2 N–H and O–H groups in total. The number of nitrogen functional groups attached to an aromatic ring is 1. The van der Waals surface area contributed by atoms with Gasteiger partial charge in [-0.1, -0.05) is 0 Å². The van der Waals surface area contributed by atoms with Crippen LogP contribution in [0.1, 0.15) is 17.3 Å². The van der Waals surface area contributed by atoms with Crippen molar-refractivity contribution in [2.75, 3.05) is 25.4 Å². The van der Waals surface area contributed by atoms with Gasteiger partial charge in [0.25, 0.3) is 5.91 Å². The van der Waals surface area contributed by atoms with Gasteiger partial charge in [0.05, 0.1) is 12.7 Å². The van der Waals surface area contributed by atoms with Crippen LogP contribution in [0.25, 0.3) is 0 Å². The van der Waals surface area contributed by atoms with E-state index in [2.05, 4.69) is 0 Å². The molecule has 1 aliphatic heterocycles. The van der Waals surface area contributed by atoms with Crippen molar-refractivity contribution in [3.05, 3.63) is 29.8 Å². The molecule has 0 radical (unpaired) electrons. The topological polar surface area (TPSA) is 55.6 Å². The number of amides is 1. The van der Waals surface area contributed by atoms with E-state index in [1.807, 2.05) is 11.8 Å². The monoisotopic (exact) mass is 220 g/mol. The Kier molecular flexibility index (Phi) is 3.10. The summed E-state index contributed by atoms with van der Waals surface area (Å²) in [5, 5.41) is 0. The predicted molar refractivity (Wildman–Crippen MR) is 62.2 cm³/mol. The van der Waals surface area contributed by atoms with Crippen LogP contribution in [0.2, 0.25) is 0 Å². The minimum atomic E-state index is 0.0511. The molecule has 1 amide bonds. The summed E-state index contributed by atoms with van der Waals surface area (Å²) in [5.41, 5.74) is 6.94. The Bertz CT molecular complexity index is 375. The molecule has 4 nitrogen and oxygen atoms in total. The van der Waals surface area contributed by atoms with Gasteiger partial charge < -0.3 is 15.4 Å². The lowest BCUT2D eigenvalue weighted by Crippen LogP contribution is -2.44. The summed E-state index contributed by atoms with van der Waals surface area (Å²) in [4.78, 5) is 13.9. The number of benzene rings is 1. The van der Waals surface area contributed by atoms with Crippen molar-refractivity contribution in [2.24, 2.45) is 0 Å². The van der Waals surface area contributed by atoms with Crippen LogP contribution in [0.4, 0.5) is 5.69 Å². The molecule has 0 unspecified atom stereocenters. The van der Waals surface area contributed by atoms with Gasteiger partial charge in [0.15, 0.2) is 0 Å². The van der Waals surface area contributed by atoms with Crippen LogP contribution in [0.15, 0.2) is 24.3 Å². The third-order valence-electron chi connectivity index (χ3n) is 2.69. The normalized spacial score (nSPS) is 20.8. The van der Waals surface area contributed by atoms with E-state index >= 15 is 0 Å². The fraction of sp³-hybridized carbons (Fsp3) is 0.417. The van der Waals surface area contributed by atoms with E-state index in [1.54, 1.807) is 24.3 Å². The highest BCUT2D eigenvalue weighted by molar-refractivity contribution is 5.94. The number of rotatable bonds is 1. The first-order valence-corrected chi connectivity index (χ1v) is 5.43. The molecular weight excluding hydrogens is 204 g/mol. The second kappa shape index (κ2) is 4.53. The Morgan fingerprint density at radius 3 is 2.75 bits per heavy atom. The van der Waals surface area contributed by atoms with E-state index in [4.69, 9.17) is 10.5 Å². The average Bonchev–Trinajstić information content (AvgIpc) is 2.29. The number of carbonyl (C=O) groups excluding carboxylic acids is 1. The highest BCUT2D eigenvalue weighted by Gasteiger charge is 2.22. The Morgan fingerprint density at radius 2 is 2.12 bits per heavy atom. The van der Waals surface area contributed by atoms with Crippen LogP contribution < -0.4 is 5.73 Å². The summed E-state index contributed by atoms with van der Waals surface area (Å²) >= 11 is 0. The maximum absolute atomic E-state index is 12.1. The van der Waals surface area contributed by atoms with E-state index in [-0.39, 0.29) is 12.0 Å². The van der Waals surface area contributed by atoms with Gasteiger partial charge in [-0.25, -0.2) is 0 Å². The minimum absolute atomic E-state index is 0.0511. The summed E-state index contributed by atoms with van der Waals surface area (Å²) in [7, 11) is 0. The van der Waals surface area contributed by atoms with Gasteiger partial charge in [-0.2, -0.15) is 0 Å². The molecule has 1 aromatic carbocycles. The molecule has 86 valence electrons. The first-order valence-electron chi connectivity index (χ1n) is 5.43. The molecule has 0 bridgehead atoms. The fourth-order valence-corrected chi connectivity index (χ4v) is 1.81. The van der Waals surface area contributed by atoms with Crippen molar-refractivity contribution in [3.63, 3.8) is 0 Å². The highest BCUT2D eigenvalue weighted by atomic mass is 16.5. The molecule has 4 heteroatoms. The van der Waals surface area contributed by atoms with Crippen molar-refractivity contribution < 1.29 is 9.53 Å². The molecule has 16 heavy (non-hydrogen) atoms. The lowest BCUT2D eigenvalue weighted by Gasteiger charge is -2.31. The number of carbonyl (C=O) groups is 1. The Hall–Kier alpha value is -1.55. The standard InChI is InChI=1S/C12H16N2O2/c1-9-8-14(6-7-16-9)12(15)10-2-4-11(13)5-3-10/h2-5,9H,6-8,13H2,1H3/t9-/m1/s1. The fourth-order valence-electron chi connectivity index (χ4n) is 1.81. The largest absolute Gasteiger partial charge is 0.399 e. The molecule has 1 heterocycles. The molecule has 1 aromatic rings. The maximum atomic E-state index is 12.1. The molecule has 1 saturated heterocycles. The van der Waals surface area contributed by atoms with Crippen molar-refractivity contribution in [3.8, 4) is 0 Å². The molecule has 1 aliphatic rings.